The summed E-state index contributed by atoms with van der Waals surface area (Å²) < 4.78 is 5.10. The number of carbonyl (C=O) groups is 2. The Morgan fingerprint density at radius 2 is 1.92 bits per heavy atom. The van der Waals surface area contributed by atoms with Gasteiger partial charge in [0.2, 0.25) is 5.91 Å². The standard InChI is InChI=1S/C17H22N4O3/c1-11(2)4-9-16(22)20-21-17(23)15-10-14(18-19-15)12-5-7-13(24-3)8-6-12/h5-8,10-11H,4,9H2,1-3H3,(H,18,19)(H,20,22)(H,21,23). The molecule has 24 heavy (non-hydrogen) atoms. The van der Waals surface area contributed by atoms with E-state index in [0.717, 1.165) is 17.7 Å². The number of hydrogen-bond acceptors (Lipinski definition) is 4. The highest BCUT2D eigenvalue weighted by atomic mass is 16.5. The van der Waals surface area contributed by atoms with Crippen LogP contribution in [0.3, 0.4) is 0 Å². The van der Waals surface area contributed by atoms with Crippen LogP contribution >= 0.6 is 0 Å². The molecule has 0 aliphatic rings. The predicted molar refractivity (Wildman–Crippen MR) is 90.3 cm³/mol. The van der Waals surface area contributed by atoms with Gasteiger partial charge in [0.1, 0.15) is 11.4 Å². The molecule has 0 atom stereocenters. The highest BCUT2D eigenvalue weighted by Gasteiger charge is 2.12. The molecule has 1 aromatic carbocycles. The van der Waals surface area contributed by atoms with Gasteiger partial charge in [-0.2, -0.15) is 5.10 Å². The van der Waals surface area contributed by atoms with Crippen molar-refractivity contribution in [2.75, 3.05) is 7.11 Å². The van der Waals surface area contributed by atoms with Crippen molar-refractivity contribution in [1.29, 1.82) is 0 Å². The van der Waals surface area contributed by atoms with Crippen molar-refractivity contribution in [3.63, 3.8) is 0 Å². The van der Waals surface area contributed by atoms with Crippen molar-refractivity contribution in [3.05, 3.63) is 36.0 Å². The number of nitrogens with one attached hydrogen (secondary N) is 3. The fourth-order valence-corrected chi connectivity index (χ4v) is 2.02. The summed E-state index contributed by atoms with van der Waals surface area (Å²) in [5.41, 5.74) is 6.53. The van der Waals surface area contributed by atoms with Gasteiger partial charge in [0.15, 0.2) is 0 Å². The summed E-state index contributed by atoms with van der Waals surface area (Å²) in [6.45, 7) is 4.08. The molecule has 2 aromatic rings. The number of hydrogen-bond donors (Lipinski definition) is 3. The molecule has 128 valence electrons. The van der Waals surface area contributed by atoms with Crippen molar-refractivity contribution in [1.82, 2.24) is 21.0 Å². The van der Waals surface area contributed by atoms with Gasteiger partial charge in [0, 0.05) is 12.0 Å². The third-order valence-electron chi connectivity index (χ3n) is 3.47. The van der Waals surface area contributed by atoms with E-state index in [9.17, 15) is 9.59 Å². The number of hydrazine groups is 1. The van der Waals surface area contributed by atoms with Crippen LogP contribution in [-0.2, 0) is 4.79 Å². The third kappa shape index (κ3) is 4.84. The highest BCUT2D eigenvalue weighted by molar-refractivity contribution is 5.94. The van der Waals surface area contributed by atoms with Gasteiger partial charge in [-0.15, -0.1) is 0 Å². The molecule has 0 unspecified atom stereocenters. The minimum atomic E-state index is -0.444. The Balaban J connectivity index is 1.92. The Hall–Kier alpha value is -2.83. The number of benzene rings is 1. The summed E-state index contributed by atoms with van der Waals surface area (Å²) in [7, 11) is 1.60. The molecule has 1 aromatic heterocycles. The number of amides is 2. The van der Waals surface area contributed by atoms with E-state index < -0.39 is 5.91 Å². The van der Waals surface area contributed by atoms with Crippen molar-refractivity contribution < 1.29 is 14.3 Å². The van der Waals surface area contributed by atoms with Gasteiger partial charge < -0.3 is 4.74 Å². The molecule has 7 nitrogen and oxygen atoms in total. The molecule has 1 heterocycles. The molecular formula is C17H22N4O3. The summed E-state index contributed by atoms with van der Waals surface area (Å²) in [6, 6.07) is 8.96. The van der Waals surface area contributed by atoms with Crippen molar-refractivity contribution in [2.45, 2.75) is 26.7 Å². The monoisotopic (exact) mass is 330 g/mol. The molecule has 0 fully saturated rings. The number of nitrogens with zero attached hydrogens (tertiary/aromatic N) is 1. The average Bonchev–Trinajstić information content (AvgIpc) is 3.08. The minimum Gasteiger partial charge on any atom is -0.497 e. The number of rotatable bonds is 6. The molecule has 0 saturated heterocycles. The minimum absolute atomic E-state index is 0.216. The summed E-state index contributed by atoms with van der Waals surface area (Å²) in [5, 5.41) is 6.77. The van der Waals surface area contributed by atoms with Crippen LogP contribution in [0.25, 0.3) is 11.3 Å². The SMILES string of the molecule is COc1ccc(-c2cc(C(=O)NNC(=O)CCC(C)C)[nH]n2)cc1. The molecule has 0 spiro atoms. The van der Waals surface area contributed by atoms with E-state index in [1.165, 1.54) is 0 Å². The first kappa shape index (κ1) is 17.5. The maximum absolute atomic E-state index is 12.0. The Morgan fingerprint density at radius 3 is 2.54 bits per heavy atom. The number of aromatic nitrogens is 2. The first-order valence-electron chi connectivity index (χ1n) is 7.78. The van der Waals surface area contributed by atoms with Crippen LogP contribution in [0.15, 0.2) is 30.3 Å². The van der Waals surface area contributed by atoms with Crippen LogP contribution in [0.1, 0.15) is 37.2 Å². The van der Waals surface area contributed by atoms with Crippen molar-refractivity contribution in [3.8, 4) is 17.0 Å². The lowest BCUT2D eigenvalue weighted by Gasteiger charge is -2.07. The van der Waals surface area contributed by atoms with E-state index in [1.807, 2.05) is 38.1 Å². The lowest BCUT2D eigenvalue weighted by atomic mass is 10.1. The normalized spacial score (nSPS) is 10.5. The maximum Gasteiger partial charge on any atom is 0.287 e. The number of carbonyl (C=O) groups excluding carboxylic acids is 2. The van der Waals surface area contributed by atoms with E-state index in [4.69, 9.17) is 4.74 Å². The van der Waals surface area contributed by atoms with Crippen LogP contribution in [-0.4, -0.2) is 29.1 Å². The van der Waals surface area contributed by atoms with Crippen LogP contribution in [0.2, 0.25) is 0 Å². The first-order valence-corrected chi connectivity index (χ1v) is 7.78. The quantitative estimate of drug-likeness (QED) is 0.708. The Morgan fingerprint density at radius 1 is 1.21 bits per heavy atom. The Kier molecular flexibility index (Phi) is 5.95. The summed E-state index contributed by atoms with van der Waals surface area (Å²) in [6.07, 6.45) is 1.14. The Bertz CT molecular complexity index is 692. The number of aromatic amines is 1. The largest absolute Gasteiger partial charge is 0.497 e. The second-order valence-corrected chi connectivity index (χ2v) is 5.83. The Labute approximate surface area is 140 Å². The highest BCUT2D eigenvalue weighted by Crippen LogP contribution is 2.20. The van der Waals surface area contributed by atoms with E-state index >= 15 is 0 Å². The van der Waals surface area contributed by atoms with Crippen LogP contribution in [0.4, 0.5) is 0 Å². The number of ether oxygens (including phenoxy) is 1. The lowest BCUT2D eigenvalue weighted by molar-refractivity contribution is -0.122. The van der Waals surface area contributed by atoms with Gasteiger partial charge in [-0.05, 0) is 42.7 Å². The van der Waals surface area contributed by atoms with Gasteiger partial charge in [-0.25, -0.2) is 0 Å². The molecule has 2 amide bonds. The number of H-pyrrole nitrogens is 1. The average molecular weight is 330 g/mol. The van der Waals surface area contributed by atoms with Gasteiger partial charge in [0.05, 0.1) is 12.8 Å². The predicted octanol–water partition coefficient (Wildman–Crippen LogP) is 2.28. The van der Waals surface area contributed by atoms with E-state index in [1.54, 1.807) is 13.2 Å². The zero-order valence-corrected chi connectivity index (χ0v) is 14.1. The fourth-order valence-electron chi connectivity index (χ4n) is 2.02. The van der Waals surface area contributed by atoms with Gasteiger partial charge >= 0.3 is 0 Å². The summed E-state index contributed by atoms with van der Waals surface area (Å²) in [4.78, 5) is 23.6. The van der Waals surface area contributed by atoms with Crippen molar-refractivity contribution >= 4 is 11.8 Å². The van der Waals surface area contributed by atoms with Crippen LogP contribution in [0, 0.1) is 5.92 Å². The van der Waals surface area contributed by atoms with Crippen LogP contribution in [0.5, 0.6) is 5.75 Å². The zero-order chi connectivity index (χ0) is 17.5. The summed E-state index contributed by atoms with van der Waals surface area (Å²) >= 11 is 0. The van der Waals surface area contributed by atoms with E-state index in [2.05, 4.69) is 21.0 Å². The molecule has 0 aliphatic heterocycles. The first-order chi connectivity index (χ1) is 11.5. The summed E-state index contributed by atoms with van der Waals surface area (Å²) in [5.74, 6) is 0.523. The van der Waals surface area contributed by atoms with Gasteiger partial charge in [0.25, 0.3) is 5.91 Å². The van der Waals surface area contributed by atoms with Crippen molar-refractivity contribution in [2.24, 2.45) is 5.92 Å². The second-order valence-electron chi connectivity index (χ2n) is 5.83. The molecule has 0 aliphatic carbocycles. The molecule has 0 saturated carbocycles. The van der Waals surface area contributed by atoms with E-state index in [0.29, 0.717) is 18.0 Å². The molecule has 0 radical (unpaired) electrons. The second kappa shape index (κ2) is 8.14. The van der Waals surface area contributed by atoms with Gasteiger partial charge in [-0.1, -0.05) is 13.8 Å². The topological polar surface area (TPSA) is 96.1 Å². The lowest BCUT2D eigenvalue weighted by Crippen LogP contribution is -2.41. The molecule has 2 rings (SSSR count). The molecule has 7 heteroatoms. The number of methoxy groups -OCH3 is 1. The molecule has 3 N–H and O–H groups in total. The molecule has 0 bridgehead atoms. The smallest absolute Gasteiger partial charge is 0.287 e. The zero-order valence-electron chi connectivity index (χ0n) is 14.1. The van der Waals surface area contributed by atoms with E-state index in [-0.39, 0.29) is 11.6 Å². The third-order valence-corrected chi connectivity index (χ3v) is 3.47. The molecular weight excluding hydrogens is 308 g/mol. The maximum atomic E-state index is 12.0. The fraction of sp³-hybridized carbons (Fsp3) is 0.353. The van der Waals surface area contributed by atoms with Gasteiger partial charge in [-0.3, -0.25) is 25.5 Å². The van der Waals surface area contributed by atoms with Crippen LogP contribution < -0.4 is 15.6 Å².